The van der Waals surface area contributed by atoms with E-state index in [1.54, 1.807) is 32.4 Å². The molecule has 2 N–H and O–H groups in total. The summed E-state index contributed by atoms with van der Waals surface area (Å²) in [6.07, 6.45) is 2.18. The van der Waals surface area contributed by atoms with Crippen molar-refractivity contribution in [1.29, 1.82) is 0 Å². The van der Waals surface area contributed by atoms with Gasteiger partial charge in [0.2, 0.25) is 5.91 Å². The van der Waals surface area contributed by atoms with Crippen LogP contribution in [0.1, 0.15) is 11.1 Å². The summed E-state index contributed by atoms with van der Waals surface area (Å²) >= 11 is 0. The molecule has 0 saturated carbocycles. The van der Waals surface area contributed by atoms with Crippen LogP contribution < -0.4 is 20.1 Å². The fourth-order valence-electron chi connectivity index (χ4n) is 3.68. The molecule has 138 valence electrons. The second-order valence-electron chi connectivity index (χ2n) is 6.58. The van der Waals surface area contributed by atoms with E-state index in [1.165, 1.54) is 21.9 Å². The van der Waals surface area contributed by atoms with Gasteiger partial charge in [-0.2, -0.15) is 0 Å². The number of methoxy groups -OCH3 is 2. The van der Waals surface area contributed by atoms with Crippen LogP contribution in [0.2, 0.25) is 0 Å². The Balaban J connectivity index is 1.50. The molecule has 4 rings (SSSR count). The van der Waals surface area contributed by atoms with E-state index < -0.39 is 0 Å². The highest BCUT2D eigenvalue weighted by Crippen LogP contribution is 2.35. The maximum Gasteiger partial charge on any atom is 0.243 e. The van der Waals surface area contributed by atoms with Gasteiger partial charge in [0.15, 0.2) is 0 Å². The summed E-state index contributed by atoms with van der Waals surface area (Å²) in [6.45, 7) is 0.166. The lowest BCUT2D eigenvalue weighted by Gasteiger charge is -2.14. The van der Waals surface area contributed by atoms with Crippen LogP contribution in [0.5, 0.6) is 11.5 Å². The summed E-state index contributed by atoms with van der Waals surface area (Å²) in [4.78, 5) is 12.5. The van der Waals surface area contributed by atoms with Gasteiger partial charge >= 0.3 is 0 Å². The third-order valence-electron chi connectivity index (χ3n) is 5.00. The van der Waals surface area contributed by atoms with E-state index in [0.29, 0.717) is 17.2 Å². The van der Waals surface area contributed by atoms with Gasteiger partial charge in [0.25, 0.3) is 0 Å². The number of hydrogen-bond donors (Lipinski definition) is 2. The molecule has 1 amide bonds. The number of benzene rings is 3. The number of anilines is 2. The Hall–Kier alpha value is -3.21. The predicted octanol–water partition coefficient (Wildman–Crippen LogP) is 4.01. The molecule has 0 spiro atoms. The van der Waals surface area contributed by atoms with Crippen LogP contribution in [0.4, 0.5) is 11.4 Å². The summed E-state index contributed by atoms with van der Waals surface area (Å²) < 4.78 is 10.5. The predicted molar refractivity (Wildman–Crippen MR) is 108 cm³/mol. The van der Waals surface area contributed by atoms with Crippen LogP contribution in [-0.4, -0.2) is 26.7 Å². The van der Waals surface area contributed by atoms with Gasteiger partial charge < -0.3 is 20.1 Å². The smallest absolute Gasteiger partial charge is 0.243 e. The number of carbonyl (C=O) groups is 1. The largest absolute Gasteiger partial charge is 0.497 e. The Morgan fingerprint density at radius 1 is 0.963 bits per heavy atom. The average Bonchev–Trinajstić information content (AvgIpc) is 3.12. The second kappa shape index (κ2) is 7.19. The Morgan fingerprint density at radius 2 is 1.78 bits per heavy atom. The van der Waals surface area contributed by atoms with Gasteiger partial charge in [0, 0.05) is 17.1 Å². The number of ether oxygens (including phenoxy) is 2. The maximum atomic E-state index is 12.5. The number of rotatable bonds is 6. The molecule has 0 aromatic heterocycles. The van der Waals surface area contributed by atoms with Crippen LogP contribution >= 0.6 is 0 Å². The van der Waals surface area contributed by atoms with E-state index in [1.807, 2.05) is 0 Å². The molecule has 0 unspecified atom stereocenters. The summed E-state index contributed by atoms with van der Waals surface area (Å²) in [5.41, 5.74) is 4.34. The molecule has 0 saturated heterocycles. The Bertz CT molecular complexity index is 1000. The minimum atomic E-state index is -0.148. The SMILES string of the molecule is COc1ccc(OC)c(NC(=O)CNc2ccc3c4c(cccc24)CC3)c1. The van der Waals surface area contributed by atoms with Crippen molar-refractivity contribution in [2.75, 3.05) is 31.4 Å². The summed E-state index contributed by atoms with van der Waals surface area (Å²) in [5.74, 6) is 1.10. The first-order chi connectivity index (χ1) is 13.2. The molecule has 5 heteroatoms. The second-order valence-corrected chi connectivity index (χ2v) is 6.58. The van der Waals surface area contributed by atoms with E-state index in [2.05, 4.69) is 41.0 Å². The summed E-state index contributed by atoms with van der Waals surface area (Å²) in [6, 6.07) is 15.9. The Labute approximate surface area is 158 Å². The normalized spacial score (nSPS) is 12.1. The van der Waals surface area contributed by atoms with Crippen molar-refractivity contribution >= 4 is 28.1 Å². The number of amides is 1. The van der Waals surface area contributed by atoms with Crippen molar-refractivity contribution in [2.24, 2.45) is 0 Å². The van der Waals surface area contributed by atoms with E-state index >= 15 is 0 Å². The minimum Gasteiger partial charge on any atom is -0.497 e. The zero-order valence-electron chi connectivity index (χ0n) is 15.5. The third-order valence-corrected chi connectivity index (χ3v) is 5.00. The standard InChI is InChI=1S/C22H22N2O3/c1-26-16-9-11-20(27-2)19(12-16)24-21(25)13-23-18-10-8-15-7-6-14-4-3-5-17(18)22(14)15/h3-5,8-12,23H,6-7,13H2,1-2H3,(H,24,25). The third kappa shape index (κ3) is 3.28. The molecular formula is C22H22N2O3. The van der Waals surface area contributed by atoms with Crippen molar-refractivity contribution in [1.82, 2.24) is 0 Å². The molecule has 1 aliphatic rings. The quantitative estimate of drug-likeness (QED) is 0.696. The molecule has 0 aliphatic heterocycles. The van der Waals surface area contributed by atoms with Gasteiger partial charge in [0.05, 0.1) is 26.5 Å². The highest BCUT2D eigenvalue weighted by Gasteiger charge is 2.16. The molecule has 0 fully saturated rings. The zero-order chi connectivity index (χ0) is 18.8. The molecule has 3 aromatic carbocycles. The van der Waals surface area contributed by atoms with Crippen LogP contribution in [-0.2, 0) is 17.6 Å². The van der Waals surface area contributed by atoms with Gasteiger partial charge in [-0.15, -0.1) is 0 Å². The maximum absolute atomic E-state index is 12.5. The lowest BCUT2D eigenvalue weighted by atomic mass is 10.0. The molecule has 5 nitrogen and oxygen atoms in total. The molecule has 0 heterocycles. The first-order valence-corrected chi connectivity index (χ1v) is 8.99. The van der Waals surface area contributed by atoms with E-state index in [-0.39, 0.29) is 12.5 Å². The molecule has 1 aliphatic carbocycles. The van der Waals surface area contributed by atoms with Gasteiger partial charge in [-0.05, 0) is 47.6 Å². The molecule has 3 aromatic rings. The van der Waals surface area contributed by atoms with Crippen molar-refractivity contribution in [3.05, 3.63) is 59.7 Å². The van der Waals surface area contributed by atoms with Crippen LogP contribution in [0.15, 0.2) is 48.5 Å². The van der Waals surface area contributed by atoms with Crippen molar-refractivity contribution in [2.45, 2.75) is 12.8 Å². The van der Waals surface area contributed by atoms with E-state index in [0.717, 1.165) is 18.5 Å². The van der Waals surface area contributed by atoms with Gasteiger partial charge in [0.1, 0.15) is 11.5 Å². The molecule has 0 bridgehead atoms. The zero-order valence-corrected chi connectivity index (χ0v) is 15.5. The van der Waals surface area contributed by atoms with Crippen LogP contribution in [0.25, 0.3) is 10.8 Å². The van der Waals surface area contributed by atoms with Crippen LogP contribution in [0, 0.1) is 0 Å². The van der Waals surface area contributed by atoms with Crippen molar-refractivity contribution in [3.8, 4) is 11.5 Å². The summed E-state index contributed by atoms with van der Waals surface area (Å²) in [5, 5.41) is 8.66. The van der Waals surface area contributed by atoms with Gasteiger partial charge in [-0.25, -0.2) is 0 Å². The highest BCUT2D eigenvalue weighted by molar-refractivity contribution is 6.01. The molecular weight excluding hydrogens is 340 g/mol. The number of nitrogens with one attached hydrogen (secondary N) is 2. The summed E-state index contributed by atoms with van der Waals surface area (Å²) in [7, 11) is 3.16. The number of hydrogen-bond acceptors (Lipinski definition) is 4. The number of carbonyl (C=O) groups excluding carboxylic acids is 1. The number of aryl methyl sites for hydroxylation is 2. The fraction of sp³-hybridized carbons (Fsp3) is 0.227. The lowest BCUT2D eigenvalue weighted by Crippen LogP contribution is -2.22. The van der Waals surface area contributed by atoms with Crippen molar-refractivity contribution < 1.29 is 14.3 Å². The van der Waals surface area contributed by atoms with Crippen LogP contribution in [0.3, 0.4) is 0 Å². The van der Waals surface area contributed by atoms with Gasteiger partial charge in [-0.1, -0.05) is 24.3 Å². The molecule has 0 radical (unpaired) electrons. The Morgan fingerprint density at radius 3 is 2.56 bits per heavy atom. The molecule has 0 atom stereocenters. The topological polar surface area (TPSA) is 59.6 Å². The molecule has 27 heavy (non-hydrogen) atoms. The first kappa shape index (κ1) is 17.2. The van der Waals surface area contributed by atoms with Crippen molar-refractivity contribution in [3.63, 3.8) is 0 Å². The van der Waals surface area contributed by atoms with E-state index in [4.69, 9.17) is 9.47 Å². The Kier molecular flexibility index (Phi) is 4.59. The highest BCUT2D eigenvalue weighted by atomic mass is 16.5. The van der Waals surface area contributed by atoms with E-state index in [9.17, 15) is 4.79 Å². The first-order valence-electron chi connectivity index (χ1n) is 8.99. The van der Waals surface area contributed by atoms with Gasteiger partial charge in [-0.3, -0.25) is 4.79 Å². The monoisotopic (exact) mass is 362 g/mol. The fourth-order valence-corrected chi connectivity index (χ4v) is 3.68. The minimum absolute atomic E-state index is 0.148. The average molecular weight is 362 g/mol. The lowest BCUT2D eigenvalue weighted by molar-refractivity contribution is -0.114.